The molecule has 4 bridgehead atoms. The zero-order chi connectivity index (χ0) is 54.3. The van der Waals surface area contributed by atoms with E-state index in [9.17, 15) is 38.4 Å². The smallest absolute Gasteiger partial charge is 0.407 e. The molecule has 0 aromatic heterocycles. The average molecular weight is 1020 g/mol. The first-order valence-electron chi connectivity index (χ1n) is 27.0. The summed E-state index contributed by atoms with van der Waals surface area (Å²) < 4.78 is 10.4. The summed E-state index contributed by atoms with van der Waals surface area (Å²) >= 11 is 0. The van der Waals surface area contributed by atoms with Gasteiger partial charge in [-0.25, -0.2) is 9.59 Å². The zero-order valence-corrected chi connectivity index (χ0v) is 46.2. The molecule has 3 N–H and O–H groups in total. The standard InChI is InChI=1S/C58H89N5O10/c1-12-13-14-15-16-17-18-19-20-21-22-23-24-27-51(66)62(9)48(26-25-34-59-57(71)73-58(6,7)8)55(69)60-42(5)49(64)32-33-52(67)63(10)53-44-31-29-40(3)46(38-44)45-36-43(30-28-39(45)2)37-47(56(70)72-11)61-54(68)41(4)35-50(53)65/h28-31,36,38,41-42,47-48,53H,12-27,32-35,37H2,1-11H3,(H,59,71)(H,60,69)(H,61,68)/t41-,42-,47+,48-,53+/m1/s1. The molecule has 15 heteroatoms. The molecule has 0 radical (unpaired) electrons. The molecule has 0 fully saturated rings. The normalized spacial score (nSPS) is 16.8. The quantitative estimate of drug-likeness (QED) is 0.0572. The van der Waals surface area contributed by atoms with E-state index in [0.29, 0.717) is 18.4 Å². The maximum Gasteiger partial charge on any atom is 0.407 e. The van der Waals surface area contributed by atoms with Crippen molar-refractivity contribution in [3.8, 4) is 11.1 Å². The van der Waals surface area contributed by atoms with Crippen LogP contribution in [0.3, 0.4) is 0 Å². The number of Topliss-reactive ketones (excluding diaryl/α,β-unsaturated/α-hetero) is 2. The van der Waals surface area contributed by atoms with Crippen LogP contribution in [0.25, 0.3) is 11.1 Å². The van der Waals surface area contributed by atoms with Crippen LogP contribution in [0.4, 0.5) is 4.79 Å². The Labute approximate surface area is 436 Å². The maximum absolute atomic E-state index is 14.3. The van der Waals surface area contributed by atoms with Gasteiger partial charge in [-0.1, -0.05) is 121 Å². The number of carbonyl (C=O) groups is 8. The Morgan fingerprint density at radius 3 is 1.92 bits per heavy atom. The van der Waals surface area contributed by atoms with E-state index in [1.807, 2.05) is 44.2 Å². The highest BCUT2D eigenvalue weighted by atomic mass is 16.6. The highest BCUT2D eigenvalue weighted by molar-refractivity contribution is 5.96. The number of likely N-dealkylation sites (N-methyl/N-ethyl adjacent to an activating group) is 2. The van der Waals surface area contributed by atoms with Gasteiger partial charge in [0.15, 0.2) is 11.6 Å². The molecule has 0 unspecified atom stereocenters. The van der Waals surface area contributed by atoms with Gasteiger partial charge in [0.2, 0.25) is 23.6 Å². The van der Waals surface area contributed by atoms with Gasteiger partial charge in [0.05, 0.1) is 13.2 Å². The average Bonchev–Trinajstić information content (AvgIpc) is 3.33. The molecule has 2 aromatic rings. The van der Waals surface area contributed by atoms with Crippen molar-refractivity contribution in [1.82, 2.24) is 25.8 Å². The van der Waals surface area contributed by atoms with E-state index < -0.39 is 77.0 Å². The number of unbranched alkanes of at least 4 members (excludes halogenated alkanes) is 12. The minimum Gasteiger partial charge on any atom is -0.467 e. The van der Waals surface area contributed by atoms with E-state index in [1.54, 1.807) is 40.8 Å². The van der Waals surface area contributed by atoms with Crippen LogP contribution in [0.2, 0.25) is 0 Å². The van der Waals surface area contributed by atoms with E-state index in [0.717, 1.165) is 47.1 Å². The molecule has 2 aromatic carbocycles. The lowest BCUT2D eigenvalue weighted by molar-refractivity contribution is -0.145. The summed E-state index contributed by atoms with van der Waals surface area (Å²) in [5, 5.41) is 8.26. The summed E-state index contributed by atoms with van der Waals surface area (Å²) in [7, 11) is 4.34. The predicted octanol–water partition coefficient (Wildman–Crippen LogP) is 9.75. The van der Waals surface area contributed by atoms with Crippen LogP contribution < -0.4 is 16.0 Å². The van der Waals surface area contributed by atoms with Crippen LogP contribution in [-0.2, 0) is 49.5 Å². The number of amides is 5. The van der Waals surface area contributed by atoms with E-state index in [4.69, 9.17) is 9.47 Å². The first kappa shape index (κ1) is 61.7. The molecular weight excluding hydrogens is 927 g/mol. The zero-order valence-electron chi connectivity index (χ0n) is 46.2. The molecule has 1 aliphatic heterocycles. The molecular formula is C58H89N5O10. The summed E-state index contributed by atoms with van der Waals surface area (Å²) in [6, 6.07) is 7.31. The molecule has 3 rings (SSSR count). The Morgan fingerprint density at radius 2 is 1.33 bits per heavy atom. The van der Waals surface area contributed by atoms with Crippen molar-refractivity contribution in [3.05, 3.63) is 58.7 Å². The number of hydrogen-bond donors (Lipinski definition) is 3. The molecule has 0 spiro atoms. The number of hydrogen-bond acceptors (Lipinski definition) is 10. The molecule has 1 aliphatic rings. The Bertz CT molecular complexity index is 2170. The van der Waals surface area contributed by atoms with E-state index >= 15 is 0 Å². The van der Waals surface area contributed by atoms with Gasteiger partial charge < -0.3 is 35.2 Å². The van der Waals surface area contributed by atoms with Crippen molar-refractivity contribution in [2.24, 2.45) is 5.92 Å². The minimum absolute atomic E-state index is 0.179. The largest absolute Gasteiger partial charge is 0.467 e. The Kier molecular flexibility index (Phi) is 26.4. The number of ether oxygens (including phenoxy) is 2. The maximum atomic E-state index is 14.3. The molecule has 73 heavy (non-hydrogen) atoms. The Hall–Kier alpha value is -5.60. The van der Waals surface area contributed by atoms with Crippen LogP contribution in [0.15, 0.2) is 36.4 Å². The fourth-order valence-electron chi connectivity index (χ4n) is 9.30. The Morgan fingerprint density at radius 1 is 0.753 bits per heavy atom. The van der Waals surface area contributed by atoms with Crippen LogP contribution in [0.5, 0.6) is 0 Å². The second-order valence-electron chi connectivity index (χ2n) is 21.3. The molecule has 0 saturated heterocycles. The number of esters is 1. The number of nitrogens with zero attached hydrogens (tertiary/aromatic N) is 2. The minimum atomic E-state index is -1.12. The summed E-state index contributed by atoms with van der Waals surface area (Å²) in [6.07, 6.45) is 15.0. The van der Waals surface area contributed by atoms with Crippen molar-refractivity contribution in [1.29, 1.82) is 0 Å². The number of rotatable bonds is 27. The number of nitrogens with one attached hydrogen (secondary N) is 3. The summed E-state index contributed by atoms with van der Waals surface area (Å²) in [5.41, 5.74) is 4.22. The second kappa shape index (κ2) is 31.2. The van der Waals surface area contributed by atoms with E-state index in [1.165, 1.54) is 88.7 Å². The van der Waals surface area contributed by atoms with Crippen molar-refractivity contribution >= 4 is 47.3 Å². The number of ketones is 2. The third kappa shape index (κ3) is 21.0. The Balaban J connectivity index is 1.71. The number of aryl methyl sites for hydroxylation is 2. The SMILES string of the molecule is CCCCCCCCCCCCCCCC(=O)N(C)[C@H](CCCNC(=O)OC(C)(C)C)C(=O)N[C@H](C)C(=O)CCC(=O)N(C)[C@@H]1C(=O)C[C@@H](C)C(=O)N[C@H](C(=O)OC)Cc2ccc(C)c(c2)-c2cc1ccc2C. The highest BCUT2D eigenvalue weighted by Gasteiger charge is 2.34. The first-order chi connectivity index (χ1) is 34.6. The van der Waals surface area contributed by atoms with Crippen molar-refractivity contribution in [2.75, 3.05) is 27.7 Å². The van der Waals surface area contributed by atoms with Gasteiger partial charge in [-0.3, -0.25) is 28.8 Å². The first-order valence-corrected chi connectivity index (χ1v) is 27.0. The number of carbonyl (C=O) groups excluding carboxylic acids is 8. The summed E-state index contributed by atoms with van der Waals surface area (Å²) in [6.45, 7) is 14.8. The van der Waals surface area contributed by atoms with Gasteiger partial charge >= 0.3 is 12.1 Å². The topological polar surface area (TPSA) is 198 Å². The number of benzene rings is 2. The van der Waals surface area contributed by atoms with Gasteiger partial charge in [-0.2, -0.15) is 0 Å². The van der Waals surface area contributed by atoms with Crippen LogP contribution in [0.1, 0.15) is 192 Å². The molecule has 406 valence electrons. The van der Waals surface area contributed by atoms with Crippen LogP contribution in [0, 0.1) is 19.8 Å². The lowest BCUT2D eigenvalue weighted by atomic mass is 9.87. The predicted molar refractivity (Wildman–Crippen MR) is 285 cm³/mol. The third-order valence-electron chi connectivity index (χ3n) is 13.9. The highest BCUT2D eigenvalue weighted by Crippen LogP contribution is 2.34. The monoisotopic (exact) mass is 1020 g/mol. The molecule has 1 heterocycles. The number of fused-ring (bicyclic) bond motifs is 5. The lowest BCUT2D eigenvalue weighted by Gasteiger charge is -2.30. The summed E-state index contributed by atoms with van der Waals surface area (Å²) in [5.74, 6) is -4.03. The van der Waals surface area contributed by atoms with Crippen LogP contribution >= 0.6 is 0 Å². The van der Waals surface area contributed by atoms with Crippen LogP contribution in [-0.4, -0.2) is 109 Å². The lowest BCUT2D eigenvalue weighted by Crippen LogP contribution is -2.51. The molecule has 5 atom stereocenters. The summed E-state index contributed by atoms with van der Waals surface area (Å²) in [4.78, 5) is 111. The van der Waals surface area contributed by atoms with Gasteiger partial charge in [0.1, 0.15) is 23.7 Å². The van der Waals surface area contributed by atoms with Gasteiger partial charge in [0.25, 0.3) is 0 Å². The second-order valence-corrected chi connectivity index (χ2v) is 21.3. The van der Waals surface area contributed by atoms with E-state index in [2.05, 4.69) is 22.9 Å². The number of methoxy groups -OCH3 is 1. The molecule has 5 amide bonds. The van der Waals surface area contributed by atoms with Crippen molar-refractivity contribution in [3.63, 3.8) is 0 Å². The fraction of sp³-hybridized carbons (Fsp3) is 0.655. The van der Waals surface area contributed by atoms with Gasteiger partial charge in [-0.05, 0) is 100 Å². The van der Waals surface area contributed by atoms with Gasteiger partial charge in [-0.15, -0.1) is 0 Å². The van der Waals surface area contributed by atoms with Crippen molar-refractivity contribution < 1.29 is 47.8 Å². The number of alkyl carbamates (subject to hydrolysis) is 1. The van der Waals surface area contributed by atoms with E-state index in [-0.39, 0.29) is 51.0 Å². The molecule has 0 saturated carbocycles. The van der Waals surface area contributed by atoms with Crippen molar-refractivity contribution in [2.45, 2.75) is 214 Å². The molecule has 0 aliphatic carbocycles. The molecule has 15 nitrogen and oxygen atoms in total. The fourth-order valence-corrected chi connectivity index (χ4v) is 9.30. The van der Waals surface area contributed by atoms with Gasteiger partial charge in [0, 0.05) is 58.7 Å². The third-order valence-corrected chi connectivity index (χ3v) is 13.9.